The molecule has 0 unspecified atom stereocenters. The Hall–Kier alpha value is -1.20. The van der Waals surface area contributed by atoms with E-state index in [0.717, 1.165) is 25.7 Å². The second-order valence-corrected chi connectivity index (χ2v) is 7.43. The van der Waals surface area contributed by atoms with Crippen LogP contribution in [0.15, 0.2) is 29.2 Å². The van der Waals surface area contributed by atoms with Gasteiger partial charge in [-0.05, 0) is 43.7 Å². The van der Waals surface area contributed by atoms with Crippen LogP contribution in [0.1, 0.15) is 49.9 Å². The molecule has 0 spiro atoms. The maximum absolute atomic E-state index is 12.3. The van der Waals surface area contributed by atoms with E-state index in [1.807, 2.05) is 0 Å². The van der Waals surface area contributed by atoms with E-state index in [0.29, 0.717) is 12.1 Å². The lowest BCUT2D eigenvalue weighted by Crippen LogP contribution is -2.30. The molecule has 0 saturated heterocycles. The van der Waals surface area contributed by atoms with Crippen LogP contribution in [0.2, 0.25) is 0 Å². The van der Waals surface area contributed by atoms with Crippen molar-refractivity contribution < 1.29 is 13.2 Å². The molecule has 0 aliphatic heterocycles. The fourth-order valence-electron chi connectivity index (χ4n) is 2.44. The molecule has 1 aromatic rings. The van der Waals surface area contributed by atoms with Crippen LogP contribution in [0.3, 0.4) is 0 Å². The monoisotopic (exact) mass is 295 g/mol. The number of sulfonamides is 1. The maximum atomic E-state index is 12.3. The van der Waals surface area contributed by atoms with Crippen molar-refractivity contribution in [2.24, 2.45) is 5.41 Å². The van der Waals surface area contributed by atoms with Crippen LogP contribution < -0.4 is 4.72 Å². The number of hydrogen-bond acceptors (Lipinski definition) is 3. The molecular formula is C15H21NO3S. The molecule has 0 heterocycles. The van der Waals surface area contributed by atoms with E-state index in [1.54, 1.807) is 12.1 Å². The van der Waals surface area contributed by atoms with Crippen molar-refractivity contribution in [2.75, 3.05) is 6.54 Å². The predicted octanol–water partition coefficient (Wildman–Crippen LogP) is 2.75. The smallest absolute Gasteiger partial charge is 0.240 e. The number of benzene rings is 1. The molecule has 5 heteroatoms. The second kappa shape index (κ2) is 5.66. The van der Waals surface area contributed by atoms with Gasteiger partial charge in [-0.3, -0.25) is 4.79 Å². The molecule has 1 N–H and O–H groups in total. The van der Waals surface area contributed by atoms with E-state index in [9.17, 15) is 13.2 Å². The molecule has 1 aromatic carbocycles. The first kappa shape index (κ1) is 15.2. The first-order valence-corrected chi connectivity index (χ1v) is 8.48. The summed E-state index contributed by atoms with van der Waals surface area (Å²) in [4.78, 5) is 11.5. The number of hydrogen-bond donors (Lipinski definition) is 1. The number of ketones is 1. The van der Waals surface area contributed by atoms with Crippen molar-refractivity contribution >= 4 is 15.8 Å². The topological polar surface area (TPSA) is 63.2 Å². The summed E-state index contributed by atoms with van der Waals surface area (Å²) in [5.74, 6) is -0.133. The van der Waals surface area contributed by atoms with E-state index < -0.39 is 10.0 Å². The average Bonchev–Trinajstić information content (AvgIpc) is 3.18. The molecule has 0 bridgehead atoms. The molecule has 0 atom stereocenters. The van der Waals surface area contributed by atoms with Gasteiger partial charge in [0.2, 0.25) is 10.0 Å². The lowest BCUT2D eigenvalue weighted by Gasteiger charge is -2.15. The van der Waals surface area contributed by atoms with Gasteiger partial charge in [0, 0.05) is 12.1 Å². The summed E-state index contributed by atoms with van der Waals surface area (Å²) in [5.41, 5.74) is 0.586. The first-order valence-electron chi connectivity index (χ1n) is 6.99. The molecule has 110 valence electrons. The summed E-state index contributed by atoms with van der Waals surface area (Å²) >= 11 is 0. The lowest BCUT2D eigenvalue weighted by atomic mass is 10.0. The van der Waals surface area contributed by atoms with Crippen LogP contribution in [0, 0.1) is 5.41 Å². The van der Waals surface area contributed by atoms with Gasteiger partial charge in [-0.2, -0.15) is 0 Å². The quantitative estimate of drug-likeness (QED) is 0.787. The molecule has 0 radical (unpaired) electrons. The van der Waals surface area contributed by atoms with Crippen LogP contribution in [0.5, 0.6) is 0 Å². The highest BCUT2D eigenvalue weighted by Crippen LogP contribution is 2.49. The molecular weight excluding hydrogens is 274 g/mol. The Kier molecular flexibility index (Phi) is 4.30. The molecule has 1 aliphatic rings. The minimum Gasteiger partial charge on any atom is -0.295 e. The third kappa shape index (κ3) is 3.46. The highest BCUT2D eigenvalue weighted by atomic mass is 32.2. The summed E-state index contributed by atoms with van der Waals surface area (Å²) in [7, 11) is -3.53. The van der Waals surface area contributed by atoms with E-state index >= 15 is 0 Å². The molecule has 1 fully saturated rings. The first-order chi connectivity index (χ1) is 9.38. The van der Waals surface area contributed by atoms with Gasteiger partial charge in [0.05, 0.1) is 4.90 Å². The number of nitrogens with one attached hydrogen (secondary N) is 1. The van der Waals surface area contributed by atoms with Gasteiger partial charge >= 0.3 is 0 Å². The highest BCUT2D eigenvalue weighted by molar-refractivity contribution is 7.89. The van der Waals surface area contributed by atoms with E-state index in [1.165, 1.54) is 19.1 Å². The van der Waals surface area contributed by atoms with Crippen LogP contribution in [0.25, 0.3) is 0 Å². The molecule has 0 aromatic heterocycles. The molecule has 1 aliphatic carbocycles. The van der Waals surface area contributed by atoms with Gasteiger partial charge in [0.1, 0.15) is 0 Å². The van der Waals surface area contributed by atoms with Crippen molar-refractivity contribution in [1.29, 1.82) is 0 Å². The van der Waals surface area contributed by atoms with Crippen molar-refractivity contribution in [3.63, 3.8) is 0 Å². The van der Waals surface area contributed by atoms with Gasteiger partial charge < -0.3 is 0 Å². The summed E-state index contributed by atoms with van der Waals surface area (Å²) in [6.07, 6.45) is 4.32. The van der Waals surface area contributed by atoms with Crippen molar-refractivity contribution in [3.05, 3.63) is 29.8 Å². The Balaban J connectivity index is 2.10. The Morgan fingerprint density at radius 3 is 2.60 bits per heavy atom. The number of Topliss-reactive ketones (excluding diaryl/α,β-unsaturated/α-hetero) is 1. The Morgan fingerprint density at radius 1 is 1.35 bits per heavy atom. The van der Waals surface area contributed by atoms with Crippen LogP contribution in [0.4, 0.5) is 0 Å². The number of carbonyl (C=O) groups excluding carboxylic acids is 1. The molecule has 4 nitrogen and oxygen atoms in total. The van der Waals surface area contributed by atoms with E-state index in [-0.39, 0.29) is 16.1 Å². The van der Waals surface area contributed by atoms with Crippen LogP contribution in [-0.4, -0.2) is 20.7 Å². The largest absolute Gasteiger partial charge is 0.295 e. The third-order valence-electron chi connectivity index (χ3n) is 3.93. The van der Waals surface area contributed by atoms with Gasteiger partial charge in [-0.25, -0.2) is 13.1 Å². The summed E-state index contributed by atoms with van der Waals surface area (Å²) in [6.45, 7) is 4.04. The number of carbonyl (C=O) groups is 1. The zero-order valence-corrected chi connectivity index (χ0v) is 12.8. The van der Waals surface area contributed by atoms with Gasteiger partial charge in [0.25, 0.3) is 0 Å². The van der Waals surface area contributed by atoms with Crippen LogP contribution in [-0.2, 0) is 10.0 Å². The SMILES string of the molecule is CCCC1(CNS(=O)(=O)c2cccc(C(C)=O)c2)CC1. The van der Waals surface area contributed by atoms with Crippen LogP contribution >= 0.6 is 0 Å². The predicted molar refractivity (Wildman–Crippen MR) is 78.2 cm³/mol. The van der Waals surface area contributed by atoms with Crippen molar-refractivity contribution in [1.82, 2.24) is 4.72 Å². The average molecular weight is 295 g/mol. The minimum absolute atomic E-state index is 0.133. The third-order valence-corrected chi connectivity index (χ3v) is 5.32. The summed E-state index contributed by atoms with van der Waals surface area (Å²) in [6, 6.07) is 6.18. The zero-order chi connectivity index (χ0) is 14.8. The normalized spacial score (nSPS) is 16.9. The van der Waals surface area contributed by atoms with Gasteiger partial charge in [-0.1, -0.05) is 25.5 Å². The minimum atomic E-state index is -3.53. The van der Waals surface area contributed by atoms with Gasteiger partial charge in [-0.15, -0.1) is 0 Å². The Bertz CT molecular complexity index is 603. The van der Waals surface area contributed by atoms with Crippen molar-refractivity contribution in [3.8, 4) is 0 Å². The molecule has 2 rings (SSSR count). The second-order valence-electron chi connectivity index (χ2n) is 5.66. The molecule has 20 heavy (non-hydrogen) atoms. The lowest BCUT2D eigenvalue weighted by molar-refractivity contribution is 0.101. The standard InChI is InChI=1S/C15H21NO3S/c1-3-7-15(8-9-15)11-16-20(18,19)14-6-4-5-13(10-14)12(2)17/h4-6,10,16H,3,7-9,11H2,1-2H3. The highest BCUT2D eigenvalue weighted by Gasteiger charge is 2.42. The maximum Gasteiger partial charge on any atom is 0.240 e. The zero-order valence-electron chi connectivity index (χ0n) is 12.0. The summed E-state index contributed by atoms with van der Waals surface area (Å²) < 4.78 is 27.2. The van der Waals surface area contributed by atoms with Gasteiger partial charge in [0.15, 0.2) is 5.78 Å². The Labute approximate surface area is 120 Å². The van der Waals surface area contributed by atoms with Crippen molar-refractivity contribution in [2.45, 2.75) is 44.4 Å². The fraction of sp³-hybridized carbons (Fsp3) is 0.533. The molecule has 0 amide bonds. The van der Waals surface area contributed by atoms with E-state index in [2.05, 4.69) is 11.6 Å². The number of rotatable bonds is 7. The van der Waals surface area contributed by atoms with E-state index in [4.69, 9.17) is 0 Å². The molecule has 1 saturated carbocycles. The fourth-order valence-corrected chi connectivity index (χ4v) is 3.64. The summed E-state index contributed by atoms with van der Waals surface area (Å²) in [5, 5.41) is 0. The Morgan fingerprint density at radius 2 is 2.05 bits per heavy atom.